The van der Waals surface area contributed by atoms with Gasteiger partial charge in [-0.25, -0.2) is 0 Å². The number of aliphatic hydroxyl groups excluding tert-OH is 1. The molecule has 0 bridgehead atoms. The second-order valence-corrected chi connectivity index (χ2v) is 5.97. The maximum absolute atomic E-state index is 12.1. The SMILES string of the molecule is CC(C)N(CCO)CCC(=O)c1ccc(Br)cc1Cl. The van der Waals surface area contributed by atoms with Crippen molar-refractivity contribution in [3.8, 4) is 0 Å². The minimum atomic E-state index is 0.0288. The molecule has 19 heavy (non-hydrogen) atoms. The summed E-state index contributed by atoms with van der Waals surface area (Å²) in [4.78, 5) is 14.2. The van der Waals surface area contributed by atoms with Gasteiger partial charge in [0.1, 0.15) is 0 Å². The lowest BCUT2D eigenvalue weighted by atomic mass is 10.1. The minimum Gasteiger partial charge on any atom is -0.395 e. The minimum absolute atomic E-state index is 0.0288. The van der Waals surface area contributed by atoms with Crippen LogP contribution in [0.2, 0.25) is 5.02 Å². The Balaban J connectivity index is 2.64. The summed E-state index contributed by atoms with van der Waals surface area (Å²) in [5.74, 6) is 0.0288. The fraction of sp³-hybridized carbons (Fsp3) is 0.500. The van der Waals surface area contributed by atoms with E-state index in [1.165, 1.54) is 0 Å². The molecule has 0 aromatic heterocycles. The molecule has 0 fully saturated rings. The summed E-state index contributed by atoms with van der Waals surface area (Å²) in [6.07, 6.45) is 0.402. The van der Waals surface area contributed by atoms with Crippen molar-refractivity contribution in [2.24, 2.45) is 0 Å². The van der Waals surface area contributed by atoms with Gasteiger partial charge in [-0.05, 0) is 32.0 Å². The van der Waals surface area contributed by atoms with Crippen LogP contribution in [0, 0.1) is 0 Å². The Morgan fingerprint density at radius 2 is 2.11 bits per heavy atom. The molecule has 0 aliphatic rings. The number of hydrogen-bond donors (Lipinski definition) is 1. The Bertz CT molecular complexity index is 437. The molecule has 5 heteroatoms. The van der Waals surface area contributed by atoms with Crippen molar-refractivity contribution < 1.29 is 9.90 Å². The highest BCUT2D eigenvalue weighted by Crippen LogP contribution is 2.22. The zero-order valence-corrected chi connectivity index (χ0v) is 13.5. The number of halogens is 2. The number of nitrogens with zero attached hydrogens (tertiary/aromatic N) is 1. The molecule has 1 rings (SSSR count). The smallest absolute Gasteiger partial charge is 0.165 e. The Hall–Kier alpha value is -0.420. The molecule has 0 unspecified atom stereocenters. The summed E-state index contributed by atoms with van der Waals surface area (Å²) in [5.41, 5.74) is 0.553. The quantitative estimate of drug-likeness (QED) is 0.768. The van der Waals surface area contributed by atoms with E-state index in [-0.39, 0.29) is 12.4 Å². The molecule has 0 saturated carbocycles. The predicted octanol–water partition coefficient (Wildman–Crippen LogP) is 3.38. The van der Waals surface area contributed by atoms with Crippen LogP contribution in [0.1, 0.15) is 30.6 Å². The Labute approximate surface area is 127 Å². The topological polar surface area (TPSA) is 40.5 Å². The highest BCUT2D eigenvalue weighted by molar-refractivity contribution is 9.10. The number of carbonyl (C=O) groups excluding carboxylic acids is 1. The number of benzene rings is 1. The van der Waals surface area contributed by atoms with Crippen LogP contribution < -0.4 is 0 Å². The van der Waals surface area contributed by atoms with Gasteiger partial charge < -0.3 is 5.11 Å². The van der Waals surface area contributed by atoms with Crippen LogP contribution in [0.3, 0.4) is 0 Å². The third kappa shape index (κ3) is 5.22. The van der Waals surface area contributed by atoms with E-state index < -0.39 is 0 Å². The first-order valence-corrected chi connectivity index (χ1v) is 7.46. The first-order chi connectivity index (χ1) is 8.95. The molecular weight excluding hydrogens is 330 g/mol. The predicted molar refractivity (Wildman–Crippen MR) is 81.9 cm³/mol. The monoisotopic (exact) mass is 347 g/mol. The van der Waals surface area contributed by atoms with Crippen LogP contribution in [0.5, 0.6) is 0 Å². The third-order valence-corrected chi connectivity index (χ3v) is 3.78. The standard InChI is InChI=1S/C14H19BrClNO2/c1-10(2)17(7-8-18)6-5-14(19)12-4-3-11(15)9-13(12)16/h3-4,9-10,18H,5-8H2,1-2H3. The van der Waals surface area contributed by atoms with Crippen LogP contribution in [0.4, 0.5) is 0 Å². The Kier molecular flexibility index (Phi) is 7.00. The molecule has 0 radical (unpaired) electrons. The molecule has 0 atom stereocenters. The van der Waals surface area contributed by atoms with Crippen molar-refractivity contribution in [1.82, 2.24) is 4.90 Å². The summed E-state index contributed by atoms with van der Waals surface area (Å²) >= 11 is 9.37. The van der Waals surface area contributed by atoms with Gasteiger partial charge in [0, 0.05) is 35.6 Å². The number of aliphatic hydroxyl groups is 1. The third-order valence-electron chi connectivity index (χ3n) is 2.98. The van der Waals surface area contributed by atoms with Gasteiger partial charge in [-0.2, -0.15) is 0 Å². The summed E-state index contributed by atoms with van der Waals surface area (Å²) < 4.78 is 0.859. The van der Waals surface area contributed by atoms with Gasteiger partial charge >= 0.3 is 0 Å². The normalized spacial score (nSPS) is 11.3. The average molecular weight is 349 g/mol. The van der Waals surface area contributed by atoms with Gasteiger partial charge in [-0.3, -0.25) is 9.69 Å². The van der Waals surface area contributed by atoms with Crippen LogP contribution >= 0.6 is 27.5 Å². The van der Waals surface area contributed by atoms with Crippen LogP contribution in [-0.2, 0) is 0 Å². The highest BCUT2D eigenvalue weighted by atomic mass is 79.9. The Morgan fingerprint density at radius 1 is 1.42 bits per heavy atom. The van der Waals surface area contributed by atoms with Crippen LogP contribution in [-0.4, -0.2) is 41.5 Å². The molecule has 0 amide bonds. The van der Waals surface area contributed by atoms with Crippen molar-refractivity contribution >= 4 is 33.3 Å². The van der Waals surface area contributed by atoms with Gasteiger partial charge in [0.05, 0.1) is 11.6 Å². The van der Waals surface area contributed by atoms with E-state index in [4.69, 9.17) is 16.7 Å². The van der Waals surface area contributed by atoms with E-state index >= 15 is 0 Å². The largest absolute Gasteiger partial charge is 0.395 e. The molecule has 3 nitrogen and oxygen atoms in total. The van der Waals surface area contributed by atoms with Gasteiger partial charge in [-0.15, -0.1) is 0 Å². The summed E-state index contributed by atoms with van der Waals surface area (Å²) in [6.45, 7) is 5.41. The lowest BCUT2D eigenvalue weighted by molar-refractivity contribution is 0.0944. The van der Waals surface area contributed by atoms with E-state index in [0.29, 0.717) is 36.1 Å². The number of ketones is 1. The lowest BCUT2D eigenvalue weighted by Gasteiger charge is -2.25. The maximum Gasteiger partial charge on any atom is 0.165 e. The molecular formula is C14H19BrClNO2. The van der Waals surface area contributed by atoms with Crippen LogP contribution in [0.25, 0.3) is 0 Å². The zero-order valence-electron chi connectivity index (χ0n) is 11.2. The first-order valence-electron chi connectivity index (χ1n) is 6.29. The number of Topliss-reactive ketones (excluding diaryl/α,β-unsaturated/α-hetero) is 1. The lowest BCUT2D eigenvalue weighted by Crippen LogP contribution is -2.35. The number of hydrogen-bond acceptors (Lipinski definition) is 3. The molecule has 1 N–H and O–H groups in total. The second kappa shape index (κ2) is 8.00. The van der Waals surface area contributed by atoms with Crippen molar-refractivity contribution in [1.29, 1.82) is 0 Å². The van der Waals surface area contributed by atoms with Crippen molar-refractivity contribution in [3.05, 3.63) is 33.3 Å². The van der Waals surface area contributed by atoms with Gasteiger partial charge in [0.2, 0.25) is 0 Å². The first kappa shape index (κ1) is 16.6. The number of carbonyl (C=O) groups is 1. The van der Waals surface area contributed by atoms with E-state index in [2.05, 4.69) is 20.8 Å². The fourth-order valence-electron chi connectivity index (χ4n) is 1.85. The van der Waals surface area contributed by atoms with Crippen molar-refractivity contribution in [2.75, 3.05) is 19.7 Å². The van der Waals surface area contributed by atoms with Crippen molar-refractivity contribution in [3.63, 3.8) is 0 Å². The summed E-state index contributed by atoms with van der Waals surface area (Å²) in [5, 5.41) is 9.46. The molecule has 0 aliphatic carbocycles. The summed E-state index contributed by atoms with van der Waals surface area (Å²) in [6, 6.07) is 5.58. The Morgan fingerprint density at radius 3 is 2.63 bits per heavy atom. The average Bonchev–Trinajstić information content (AvgIpc) is 2.33. The van der Waals surface area contributed by atoms with E-state index in [0.717, 1.165) is 4.47 Å². The maximum atomic E-state index is 12.1. The van der Waals surface area contributed by atoms with Gasteiger partial charge in [0.15, 0.2) is 5.78 Å². The highest BCUT2D eigenvalue weighted by Gasteiger charge is 2.14. The molecule has 106 valence electrons. The van der Waals surface area contributed by atoms with Crippen LogP contribution in [0.15, 0.2) is 22.7 Å². The van der Waals surface area contributed by atoms with Gasteiger partial charge in [0.25, 0.3) is 0 Å². The van der Waals surface area contributed by atoms with E-state index in [1.807, 2.05) is 19.9 Å². The molecule has 0 heterocycles. The van der Waals surface area contributed by atoms with E-state index in [9.17, 15) is 4.79 Å². The molecule has 1 aromatic carbocycles. The zero-order chi connectivity index (χ0) is 14.4. The van der Waals surface area contributed by atoms with E-state index in [1.54, 1.807) is 12.1 Å². The molecule has 0 saturated heterocycles. The van der Waals surface area contributed by atoms with Gasteiger partial charge in [-0.1, -0.05) is 27.5 Å². The molecule has 1 aromatic rings. The molecule has 0 spiro atoms. The van der Waals surface area contributed by atoms with Crippen molar-refractivity contribution in [2.45, 2.75) is 26.3 Å². The summed E-state index contributed by atoms with van der Waals surface area (Å²) in [7, 11) is 0. The second-order valence-electron chi connectivity index (χ2n) is 4.65. The fourth-order valence-corrected chi connectivity index (χ4v) is 2.63. The number of rotatable bonds is 7. The molecule has 0 aliphatic heterocycles.